The first-order chi connectivity index (χ1) is 31.3. The van der Waals surface area contributed by atoms with Gasteiger partial charge in [0.15, 0.2) is 6.61 Å². The highest BCUT2D eigenvalue weighted by Gasteiger charge is 2.43. The molecule has 4 N–H and O–H groups in total. The van der Waals surface area contributed by atoms with Crippen LogP contribution in [0.15, 0.2) is 54.7 Å². The zero-order valence-corrected chi connectivity index (χ0v) is 40.2. The van der Waals surface area contributed by atoms with Crippen molar-refractivity contribution in [1.82, 2.24) is 35.1 Å². The molecular weight excluding hydrogens is 841 g/mol. The number of phenolic OH excluding ortho intramolecular Hbond substituents is 1. The number of pyridine rings is 1. The summed E-state index contributed by atoms with van der Waals surface area (Å²) >= 11 is 0. The van der Waals surface area contributed by atoms with Crippen LogP contribution in [0.1, 0.15) is 91.2 Å². The number of hydrogen-bond donors (Lipinski definition) is 4. The van der Waals surface area contributed by atoms with Gasteiger partial charge in [-0.1, -0.05) is 46.8 Å². The molecule has 6 bridgehead atoms. The van der Waals surface area contributed by atoms with Gasteiger partial charge in [-0.25, -0.2) is 4.84 Å². The Morgan fingerprint density at radius 2 is 1.86 bits per heavy atom. The second kappa shape index (κ2) is 19.8. The predicted octanol–water partition coefficient (Wildman–Crippen LogP) is 5.97. The number of carbonyl (C=O) groups excluding carboxylic acids is 3. The maximum absolute atomic E-state index is 14.7. The fraction of sp³-hybridized carbons (Fsp3) is 0.560. The second-order valence-corrected chi connectivity index (χ2v) is 19.8. The molecule has 0 aliphatic carbocycles. The molecule has 16 nitrogen and oxygen atoms in total. The average molecular weight is 910 g/mol. The lowest BCUT2D eigenvalue weighted by Gasteiger charge is -2.35. The summed E-state index contributed by atoms with van der Waals surface area (Å²) in [6.07, 6.45) is 1.33. The van der Waals surface area contributed by atoms with E-state index in [4.69, 9.17) is 14.6 Å². The van der Waals surface area contributed by atoms with Crippen molar-refractivity contribution in [2.24, 2.45) is 23.2 Å². The third-order valence-corrected chi connectivity index (χ3v) is 13.8. The monoisotopic (exact) mass is 910 g/mol. The molecule has 3 aliphatic rings. The van der Waals surface area contributed by atoms with E-state index in [1.807, 2.05) is 50.8 Å². The van der Waals surface area contributed by atoms with Crippen molar-refractivity contribution in [3.8, 4) is 28.1 Å². The molecule has 16 heteroatoms. The highest BCUT2D eigenvalue weighted by Crippen LogP contribution is 2.42. The van der Waals surface area contributed by atoms with Gasteiger partial charge in [0.1, 0.15) is 24.1 Å². The Balaban J connectivity index is 1.32. The Morgan fingerprint density at radius 1 is 1.11 bits per heavy atom. The summed E-state index contributed by atoms with van der Waals surface area (Å²) in [5.74, 6) is -1.98. The van der Waals surface area contributed by atoms with Gasteiger partial charge in [0.2, 0.25) is 16.7 Å². The van der Waals surface area contributed by atoms with Crippen molar-refractivity contribution in [3.05, 3.63) is 76.5 Å². The number of hydrazine groups is 1. The SMILES string of the molecule is CCn1c(-c2cccnc2[C@H](C)OC)c2c3cc(ccc31)-c1cc(O)cc(c1)C[C@H](NC(=O)[C@H](C(C)C)N(C)C(=O)[C@@H]1CN(C(C)O)C[C@@H]1C)C(=O)N1CCC[C@H](N1)[N+](=O)OCC(C)(C)C2. The number of nitrogens with zero attached hydrogens (tertiary/aromatic N) is 6. The number of likely N-dealkylation sites (N-methyl/N-ethyl adjacent to an activating group) is 1. The number of methoxy groups -OCH3 is 1. The van der Waals surface area contributed by atoms with E-state index in [2.05, 4.69) is 54.3 Å². The Kier molecular flexibility index (Phi) is 14.6. The molecule has 3 amide bonds. The fourth-order valence-electron chi connectivity index (χ4n) is 10.2. The number of carbonyl (C=O) groups is 3. The minimum absolute atomic E-state index is 0.00258. The number of ether oxygens (including phenoxy) is 1. The van der Waals surface area contributed by atoms with Crippen LogP contribution in [0.2, 0.25) is 0 Å². The van der Waals surface area contributed by atoms with Crippen molar-refractivity contribution in [1.29, 1.82) is 0 Å². The summed E-state index contributed by atoms with van der Waals surface area (Å²) < 4.78 is 8.10. The molecule has 7 rings (SSSR count). The van der Waals surface area contributed by atoms with Gasteiger partial charge in [0, 0.05) is 81.3 Å². The molecule has 0 saturated carbocycles. The Bertz CT molecular complexity index is 2450. The minimum Gasteiger partial charge on any atom is -0.508 e. The number of aryl methyl sites for hydroxylation is 1. The number of aliphatic hydroxyl groups excluding tert-OH is 1. The second-order valence-electron chi connectivity index (χ2n) is 19.8. The molecule has 2 aromatic carbocycles. The zero-order chi connectivity index (χ0) is 47.8. The van der Waals surface area contributed by atoms with E-state index in [-0.39, 0.29) is 49.2 Å². The minimum atomic E-state index is -1.16. The number of benzene rings is 2. The van der Waals surface area contributed by atoms with Crippen LogP contribution >= 0.6 is 0 Å². The van der Waals surface area contributed by atoms with Crippen LogP contribution in [0.5, 0.6) is 5.75 Å². The molecular formula is C50H69N8O8+. The molecule has 7 atom stereocenters. The number of phenols is 1. The Labute approximate surface area is 388 Å². The van der Waals surface area contributed by atoms with Crippen molar-refractivity contribution >= 4 is 28.6 Å². The normalized spacial score (nSPS) is 23.0. The number of amides is 3. The lowest BCUT2D eigenvalue weighted by Crippen LogP contribution is -2.62. The summed E-state index contributed by atoms with van der Waals surface area (Å²) in [5, 5.41) is 27.0. The van der Waals surface area contributed by atoms with Crippen molar-refractivity contribution < 1.29 is 39.1 Å². The molecule has 356 valence electrons. The highest BCUT2D eigenvalue weighted by molar-refractivity contribution is 5.96. The number of aromatic hydroxyl groups is 1. The van der Waals surface area contributed by atoms with Crippen LogP contribution in [-0.4, -0.2) is 122 Å². The Hall–Kier alpha value is -5.42. The molecule has 0 spiro atoms. The Morgan fingerprint density at radius 3 is 2.55 bits per heavy atom. The maximum atomic E-state index is 14.7. The molecule has 2 fully saturated rings. The summed E-state index contributed by atoms with van der Waals surface area (Å²) in [5.41, 5.74) is 9.51. The first-order valence-corrected chi connectivity index (χ1v) is 23.4. The lowest BCUT2D eigenvalue weighted by molar-refractivity contribution is -0.835. The van der Waals surface area contributed by atoms with E-state index in [1.54, 1.807) is 39.4 Å². The highest BCUT2D eigenvalue weighted by atomic mass is 16.8. The van der Waals surface area contributed by atoms with Crippen molar-refractivity contribution in [3.63, 3.8) is 0 Å². The number of likely N-dealkylation sites (tertiary alicyclic amines) is 1. The molecule has 4 aromatic rings. The molecule has 3 aliphatic heterocycles. The van der Waals surface area contributed by atoms with Gasteiger partial charge in [-0.05, 0) is 104 Å². The van der Waals surface area contributed by atoms with Crippen LogP contribution in [0.25, 0.3) is 33.3 Å². The molecule has 2 aromatic heterocycles. The maximum Gasteiger partial charge on any atom is 0.326 e. The van der Waals surface area contributed by atoms with E-state index < -0.39 is 47.6 Å². The quantitative estimate of drug-likeness (QED) is 0.147. The van der Waals surface area contributed by atoms with Crippen molar-refractivity contribution in [2.75, 3.05) is 40.4 Å². The summed E-state index contributed by atoms with van der Waals surface area (Å²) in [7, 11) is 3.29. The standard InChI is InChI=1S/C50H68N8O8/c1-11-56-42-17-16-34-24-38(42)39(46(56)37-14-12-18-51-44(37)31(5)65-10)25-50(7,8)28-66-58(64)43-15-13-19-57(53-43)49(63)41(22-33-20-35(34)23-36(60)21-33)52-47(61)45(29(2)3)54(9)48(62)40-27-55(32(6)59)26-30(40)4/h12,14,16-18,20-21,23-24,29-32,40-41,43,45,53,59H,11,13,15,19,22,25-28H2,1-10H3,(H-,52,60,61)/p+1/t30-,31-,32?,40+,41-,43+,45-/m0/s1. The number of fused-ring (bicyclic) bond motifs is 6. The smallest absolute Gasteiger partial charge is 0.326 e. The number of hydrogen-bond acceptors (Lipinski definition) is 11. The van der Waals surface area contributed by atoms with Crippen LogP contribution in [0, 0.1) is 28.1 Å². The van der Waals surface area contributed by atoms with Gasteiger partial charge < -0.3 is 29.7 Å². The number of aliphatic hydroxyl groups is 1. The van der Waals surface area contributed by atoms with E-state index in [1.165, 1.54) is 9.91 Å². The fourth-order valence-corrected chi connectivity index (χ4v) is 10.2. The lowest BCUT2D eigenvalue weighted by atomic mass is 9.84. The molecule has 66 heavy (non-hydrogen) atoms. The van der Waals surface area contributed by atoms with E-state index in [0.29, 0.717) is 49.4 Å². The predicted molar refractivity (Wildman–Crippen MR) is 251 cm³/mol. The van der Waals surface area contributed by atoms with Crippen LogP contribution < -0.4 is 10.7 Å². The van der Waals surface area contributed by atoms with Gasteiger partial charge in [0.25, 0.3) is 5.91 Å². The van der Waals surface area contributed by atoms with Gasteiger partial charge in [-0.2, -0.15) is 5.43 Å². The number of nitrogens with one attached hydrogen (secondary N) is 2. The number of rotatable bonds is 10. The zero-order valence-electron chi connectivity index (χ0n) is 40.2. The summed E-state index contributed by atoms with van der Waals surface area (Å²) in [6, 6.07) is 13.4. The average Bonchev–Trinajstić information content (AvgIpc) is 3.83. The molecule has 0 radical (unpaired) electrons. The summed E-state index contributed by atoms with van der Waals surface area (Å²) in [6.45, 7) is 17.5. The van der Waals surface area contributed by atoms with Crippen LogP contribution in [-0.2, 0) is 43.3 Å². The van der Waals surface area contributed by atoms with E-state index in [0.717, 1.165) is 44.5 Å². The van der Waals surface area contributed by atoms with E-state index in [9.17, 15) is 29.5 Å². The summed E-state index contributed by atoms with van der Waals surface area (Å²) in [4.78, 5) is 71.9. The van der Waals surface area contributed by atoms with E-state index >= 15 is 0 Å². The van der Waals surface area contributed by atoms with Gasteiger partial charge in [-0.3, -0.25) is 29.3 Å². The molecule has 2 saturated heterocycles. The van der Waals surface area contributed by atoms with Gasteiger partial charge in [-0.15, -0.1) is 0 Å². The third kappa shape index (κ3) is 9.97. The largest absolute Gasteiger partial charge is 0.508 e. The number of aromatic nitrogens is 2. The molecule has 1 unspecified atom stereocenters. The topological polar surface area (TPSA) is 182 Å². The van der Waals surface area contributed by atoms with Gasteiger partial charge >= 0.3 is 6.17 Å². The first kappa shape index (κ1) is 48.5. The first-order valence-electron chi connectivity index (χ1n) is 23.4. The third-order valence-electron chi connectivity index (χ3n) is 13.8. The van der Waals surface area contributed by atoms with Gasteiger partial charge in [0.05, 0.1) is 28.3 Å². The van der Waals surface area contributed by atoms with Crippen LogP contribution in [0.4, 0.5) is 0 Å². The van der Waals surface area contributed by atoms with Crippen LogP contribution in [0.3, 0.4) is 0 Å². The molecule has 5 heterocycles. The van der Waals surface area contributed by atoms with Crippen molar-refractivity contribution in [2.45, 2.75) is 118 Å².